The van der Waals surface area contributed by atoms with Crippen LogP contribution in [0.4, 0.5) is 9.59 Å². The summed E-state index contributed by atoms with van der Waals surface area (Å²) in [5.74, 6) is -0.0346. The van der Waals surface area contributed by atoms with Gasteiger partial charge in [0.15, 0.2) is 0 Å². The summed E-state index contributed by atoms with van der Waals surface area (Å²) in [6.07, 6.45) is -1.89. The van der Waals surface area contributed by atoms with Crippen molar-refractivity contribution in [3.05, 3.63) is 87.1 Å². The van der Waals surface area contributed by atoms with E-state index in [0.29, 0.717) is 9.76 Å². The number of carbonyl (C=O) groups excluding carboxylic acids is 2. The van der Waals surface area contributed by atoms with Gasteiger partial charge in [0, 0.05) is 13.0 Å². The van der Waals surface area contributed by atoms with Crippen molar-refractivity contribution in [2.45, 2.75) is 44.5 Å². The molecule has 1 aliphatic carbocycles. The maximum Gasteiger partial charge on any atom is 0.410 e. The molecule has 1 aromatic heterocycles. The molecule has 10 heteroatoms. The van der Waals surface area contributed by atoms with Crippen molar-refractivity contribution in [2.24, 2.45) is 0 Å². The number of fused-ring (bicyclic) bond motifs is 3. The van der Waals surface area contributed by atoms with E-state index in [2.05, 4.69) is 45.2 Å². The summed E-state index contributed by atoms with van der Waals surface area (Å²) in [7, 11) is 1.67. The Labute approximate surface area is 253 Å². The quantitative estimate of drug-likeness (QED) is 0.278. The molecule has 216 valence electrons. The average Bonchev–Trinajstić information content (AvgIpc) is 3.23. The fourth-order valence-corrected chi connectivity index (χ4v) is 6.13. The number of likely N-dealkylation sites (N-methyl/N-ethyl adjacent to an activating group) is 1. The summed E-state index contributed by atoms with van der Waals surface area (Å²) in [6, 6.07) is 20.0. The van der Waals surface area contributed by atoms with Gasteiger partial charge in [0.2, 0.25) is 0 Å². The van der Waals surface area contributed by atoms with Gasteiger partial charge in [0.1, 0.15) is 28.1 Å². The van der Waals surface area contributed by atoms with Crippen LogP contribution in [0, 0.1) is 0 Å². The zero-order chi connectivity index (χ0) is 29.3. The molecule has 0 saturated carbocycles. The number of ether oxygens (including phenoxy) is 3. The predicted octanol–water partition coefficient (Wildman–Crippen LogP) is 7.06. The molecule has 5 rings (SSSR count). The number of benzene rings is 2. The Morgan fingerprint density at radius 1 is 1.07 bits per heavy atom. The minimum Gasteiger partial charge on any atom is -0.448 e. The Hall–Kier alpha value is -3.14. The van der Waals surface area contributed by atoms with Crippen LogP contribution in [0.5, 0.6) is 0 Å². The third kappa shape index (κ3) is 6.85. The summed E-state index contributed by atoms with van der Waals surface area (Å²) in [4.78, 5) is 33.4. The van der Waals surface area contributed by atoms with Crippen molar-refractivity contribution in [1.29, 1.82) is 0 Å². The van der Waals surface area contributed by atoms with Crippen LogP contribution in [0.3, 0.4) is 0 Å². The van der Waals surface area contributed by atoms with Crippen LogP contribution in [0.15, 0.2) is 65.3 Å². The second-order valence-corrected chi connectivity index (χ2v) is 12.6. The van der Waals surface area contributed by atoms with Crippen molar-refractivity contribution in [1.82, 2.24) is 14.8 Å². The molecule has 8 nitrogen and oxygen atoms in total. The van der Waals surface area contributed by atoms with E-state index in [1.165, 1.54) is 16.0 Å². The number of pyridine rings is 1. The number of halogens is 2. The van der Waals surface area contributed by atoms with E-state index in [4.69, 9.17) is 25.8 Å². The number of hydrogen-bond donors (Lipinski definition) is 0. The van der Waals surface area contributed by atoms with Crippen LogP contribution in [0.1, 0.15) is 49.5 Å². The van der Waals surface area contributed by atoms with Crippen LogP contribution in [0.2, 0.25) is 5.15 Å². The molecular weight excluding hydrogens is 610 g/mol. The highest BCUT2D eigenvalue weighted by Crippen LogP contribution is 2.44. The van der Waals surface area contributed by atoms with Crippen LogP contribution in [-0.4, -0.2) is 72.0 Å². The van der Waals surface area contributed by atoms with Gasteiger partial charge in [0.05, 0.1) is 25.7 Å². The maximum atomic E-state index is 13.2. The van der Waals surface area contributed by atoms with Gasteiger partial charge in [-0.1, -0.05) is 60.1 Å². The smallest absolute Gasteiger partial charge is 0.410 e. The highest BCUT2D eigenvalue weighted by atomic mass is 79.9. The van der Waals surface area contributed by atoms with Gasteiger partial charge in [-0.15, -0.1) is 0 Å². The largest absolute Gasteiger partial charge is 0.448 e. The van der Waals surface area contributed by atoms with E-state index in [9.17, 15) is 9.59 Å². The molecule has 1 saturated heterocycles. The van der Waals surface area contributed by atoms with Gasteiger partial charge in [0.25, 0.3) is 0 Å². The van der Waals surface area contributed by atoms with Crippen molar-refractivity contribution in [3.8, 4) is 11.1 Å². The third-order valence-electron chi connectivity index (χ3n) is 7.10. The Morgan fingerprint density at radius 3 is 2.32 bits per heavy atom. The molecule has 3 aromatic rings. The molecular formula is C31H33BrClN3O5. The van der Waals surface area contributed by atoms with Gasteiger partial charge in [-0.2, -0.15) is 0 Å². The van der Waals surface area contributed by atoms with Crippen molar-refractivity contribution in [2.75, 3.05) is 33.3 Å². The fourth-order valence-electron chi connectivity index (χ4n) is 5.35. The highest BCUT2D eigenvalue weighted by molar-refractivity contribution is 9.10. The van der Waals surface area contributed by atoms with Crippen LogP contribution >= 0.6 is 27.5 Å². The molecule has 1 fully saturated rings. The second kappa shape index (κ2) is 12.0. The topological polar surface area (TPSA) is 81.2 Å². The SMILES string of the molecule is CN(C[C@H]1CN(C(=O)OC(C)(C)C)C[C@@H](c2cc(Cl)nc(Br)c2)O1)C(=O)OCC1c2ccccc2-c2ccccc21. The Morgan fingerprint density at radius 2 is 1.71 bits per heavy atom. The lowest BCUT2D eigenvalue weighted by atomic mass is 9.98. The lowest BCUT2D eigenvalue weighted by Crippen LogP contribution is -2.52. The van der Waals surface area contributed by atoms with Crippen LogP contribution < -0.4 is 0 Å². The van der Waals surface area contributed by atoms with Crippen LogP contribution in [-0.2, 0) is 14.2 Å². The molecule has 2 heterocycles. The molecule has 0 unspecified atom stereocenters. The normalized spacial score (nSPS) is 18.4. The summed E-state index contributed by atoms with van der Waals surface area (Å²) in [5, 5.41) is 0.305. The van der Waals surface area contributed by atoms with E-state index in [0.717, 1.165) is 16.7 Å². The van der Waals surface area contributed by atoms with Gasteiger partial charge in [-0.3, -0.25) is 0 Å². The monoisotopic (exact) mass is 641 g/mol. The van der Waals surface area contributed by atoms with Crippen molar-refractivity contribution >= 4 is 39.7 Å². The first-order chi connectivity index (χ1) is 19.5. The Kier molecular flexibility index (Phi) is 8.59. The third-order valence-corrected chi connectivity index (χ3v) is 7.70. The Balaban J connectivity index is 1.27. The lowest BCUT2D eigenvalue weighted by Gasteiger charge is -2.39. The molecule has 0 spiro atoms. The Bertz CT molecular complexity index is 1380. The minimum atomic E-state index is -0.651. The number of hydrogen-bond acceptors (Lipinski definition) is 6. The van der Waals surface area contributed by atoms with E-state index in [-0.39, 0.29) is 32.2 Å². The van der Waals surface area contributed by atoms with E-state index < -0.39 is 30.0 Å². The molecule has 1 aliphatic heterocycles. The second-order valence-electron chi connectivity index (χ2n) is 11.4. The number of carbonyl (C=O) groups is 2. The van der Waals surface area contributed by atoms with Gasteiger partial charge in [-0.25, -0.2) is 14.6 Å². The van der Waals surface area contributed by atoms with E-state index in [1.54, 1.807) is 18.0 Å². The number of rotatable bonds is 5. The van der Waals surface area contributed by atoms with Gasteiger partial charge in [-0.05, 0) is 76.7 Å². The standard InChI is InChI=1S/C31H33BrClN3O5/c1-31(2,3)41-30(38)36-16-20(40-26(17-36)19-13-27(32)34-28(33)14-19)15-35(4)29(37)39-18-25-23-11-7-5-9-21(23)22-10-6-8-12-24(22)25/h5-14,20,25-26H,15-18H2,1-4H3/t20-,26-/m0/s1. The molecule has 0 bridgehead atoms. The van der Waals surface area contributed by atoms with Crippen LogP contribution in [0.25, 0.3) is 11.1 Å². The zero-order valence-electron chi connectivity index (χ0n) is 23.5. The molecule has 0 radical (unpaired) electrons. The summed E-state index contributed by atoms with van der Waals surface area (Å²) < 4.78 is 18.4. The number of morpholine rings is 1. The molecule has 41 heavy (non-hydrogen) atoms. The summed E-state index contributed by atoms with van der Waals surface area (Å²) in [6.45, 7) is 6.44. The van der Waals surface area contributed by atoms with Gasteiger partial charge < -0.3 is 24.0 Å². The predicted molar refractivity (Wildman–Crippen MR) is 160 cm³/mol. The molecule has 2 amide bonds. The summed E-state index contributed by atoms with van der Waals surface area (Å²) >= 11 is 9.58. The molecule has 2 aromatic carbocycles. The zero-order valence-corrected chi connectivity index (χ0v) is 25.8. The number of aromatic nitrogens is 1. The first-order valence-electron chi connectivity index (χ1n) is 13.5. The number of nitrogens with zero attached hydrogens (tertiary/aromatic N) is 3. The van der Waals surface area contributed by atoms with Crippen molar-refractivity contribution < 1.29 is 23.8 Å². The summed E-state index contributed by atoms with van der Waals surface area (Å²) in [5.41, 5.74) is 4.75. The van der Waals surface area contributed by atoms with Gasteiger partial charge >= 0.3 is 12.2 Å². The highest BCUT2D eigenvalue weighted by Gasteiger charge is 2.36. The minimum absolute atomic E-state index is 0.0346. The van der Waals surface area contributed by atoms with E-state index >= 15 is 0 Å². The lowest BCUT2D eigenvalue weighted by molar-refractivity contribution is -0.0949. The first kappa shape index (κ1) is 29.4. The fraction of sp³-hybridized carbons (Fsp3) is 0.387. The number of amides is 2. The maximum absolute atomic E-state index is 13.2. The molecule has 2 atom stereocenters. The first-order valence-corrected chi connectivity index (χ1v) is 14.7. The molecule has 0 N–H and O–H groups in total. The van der Waals surface area contributed by atoms with E-state index in [1.807, 2.05) is 51.1 Å². The average molecular weight is 643 g/mol. The van der Waals surface area contributed by atoms with Crippen molar-refractivity contribution in [3.63, 3.8) is 0 Å². The molecule has 2 aliphatic rings.